The Morgan fingerprint density at radius 2 is 2.00 bits per heavy atom. The molecule has 3 aromatic rings. The smallest absolute Gasteiger partial charge is 0.348 e. The number of halogens is 1. The van der Waals surface area contributed by atoms with Crippen LogP contribution in [-0.4, -0.2) is 23.6 Å². The molecule has 8 heteroatoms. The van der Waals surface area contributed by atoms with E-state index >= 15 is 0 Å². The number of ether oxygens (including phenoxy) is 1. The molecule has 128 valence electrons. The molecule has 0 spiro atoms. The Morgan fingerprint density at radius 1 is 1.24 bits per heavy atom. The number of carbonyl (C=O) groups excluding carboxylic acids is 2. The SMILES string of the molecule is Cc1ccc(-c2cc(NC(=O)COC(=O)c3ccc(Cl)s3)on2)cc1. The summed E-state index contributed by atoms with van der Waals surface area (Å²) >= 11 is 6.83. The first kappa shape index (κ1) is 17.2. The van der Waals surface area contributed by atoms with Crippen LogP contribution in [0.4, 0.5) is 5.88 Å². The molecule has 3 rings (SSSR count). The number of benzene rings is 1. The van der Waals surface area contributed by atoms with Crippen LogP contribution in [-0.2, 0) is 9.53 Å². The summed E-state index contributed by atoms with van der Waals surface area (Å²) in [5.41, 5.74) is 2.60. The Kier molecular flexibility index (Phi) is 5.16. The van der Waals surface area contributed by atoms with Crippen LogP contribution in [0.15, 0.2) is 47.0 Å². The molecule has 0 aliphatic heterocycles. The minimum absolute atomic E-state index is 0.177. The molecular formula is C17H13ClN2O4S. The summed E-state index contributed by atoms with van der Waals surface area (Å²) in [6, 6.07) is 12.5. The summed E-state index contributed by atoms with van der Waals surface area (Å²) in [7, 11) is 0. The Hall–Kier alpha value is -2.64. The lowest BCUT2D eigenvalue weighted by Crippen LogP contribution is -2.20. The third-order valence-corrected chi connectivity index (χ3v) is 4.44. The van der Waals surface area contributed by atoms with Crippen molar-refractivity contribution in [2.24, 2.45) is 0 Å². The topological polar surface area (TPSA) is 81.4 Å². The number of hydrogen-bond acceptors (Lipinski definition) is 6. The van der Waals surface area contributed by atoms with E-state index in [9.17, 15) is 9.59 Å². The highest BCUT2D eigenvalue weighted by Crippen LogP contribution is 2.23. The highest BCUT2D eigenvalue weighted by Gasteiger charge is 2.14. The van der Waals surface area contributed by atoms with Gasteiger partial charge in [0, 0.05) is 11.6 Å². The number of aromatic nitrogens is 1. The van der Waals surface area contributed by atoms with Gasteiger partial charge in [0.05, 0.1) is 4.34 Å². The first-order chi connectivity index (χ1) is 12.0. The number of nitrogens with zero attached hydrogens (tertiary/aromatic N) is 1. The molecule has 0 unspecified atom stereocenters. The fourth-order valence-corrected chi connectivity index (χ4v) is 2.93. The first-order valence-electron chi connectivity index (χ1n) is 7.27. The van der Waals surface area contributed by atoms with Gasteiger partial charge in [-0.05, 0) is 19.1 Å². The number of amides is 1. The third kappa shape index (κ3) is 4.46. The third-order valence-electron chi connectivity index (χ3n) is 3.23. The highest BCUT2D eigenvalue weighted by molar-refractivity contribution is 7.17. The zero-order chi connectivity index (χ0) is 17.8. The van der Waals surface area contributed by atoms with Gasteiger partial charge in [0.1, 0.15) is 10.6 Å². The molecule has 0 aliphatic carbocycles. The Labute approximate surface area is 152 Å². The molecule has 0 atom stereocenters. The lowest BCUT2D eigenvalue weighted by atomic mass is 10.1. The molecule has 1 N–H and O–H groups in total. The fraction of sp³-hybridized carbons (Fsp3) is 0.118. The molecule has 0 fully saturated rings. The molecule has 0 radical (unpaired) electrons. The zero-order valence-corrected chi connectivity index (χ0v) is 14.7. The fourth-order valence-electron chi connectivity index (χ4n) is 1.99. The maximum absolute atomic E-state index is 11.8. The van der Waals surface area contributed by atoms with Crippen molar-refractivity contribution in [3.05, 3.63) is 57.2 Å². The number of thiophene rings is 1. The summed E-state index contributed by atoms with van der Waals surface area (Å²) < 4.78 is 10.5. The van der Waals surface area contributed by atoms with Crippen molar-refractivity contribution in [3.8, 4) is 11.3 Å². The molecule has 1 amide bonds. The monoisotopic (exact) mass is 376 g/mol. The van der Waals surface area contributed by atoms with Gasteiger partial charge < -0.3 is 9.26 Å². The van der Waals surface area contributed by atoms with Crippen LogP contribution in [0.5, 0.6) is 0 Å². The Bertz CT molecular complexity index is 902. The second kappa shape index (κ2) is 7.50. The average molecular weight is 377 g/mol. The molecule has 6 nitrogen and oxygen atoms in total. The van der Waals surface area contributed by atoms with Crippen molar-refractivity contribution in [2.45, 2.75) is 6.92 Å². The van der Waals surface area contributed by atoms with E-state index in [-0.39, 0.29) is 5.88 Å². The van der Waals surface area contributed by atoms with Crippen LogP contribution < -0.4 is 5.32 Å². The van der Waals surface area contributed by atoms with Gasteiger partial charge in [-0.25, -0.2) is 4.79 Å². The Balaban J connectivity index is 1.55. The largest absolute Gasteiger partial charge is 0.451 e. The zero-order valence-electron chi connectivity index (χ0n) is 13.1. The first-order valence-corrected chi connectivity index (χ1v) is 8.47. The highest BCUT2D eigenvalue weighted by atomic mass is 35.5. The van der Waals surface area contributed by atoms with Crippen molar-refractivity contribution >= 4 is 40.7 Å². The Morgan fingerprint density at radius 3 is 2.68 bits per heavy atom. The van der Waals surface area contributed by atoms with Crippen LogP contribution in [0.1, 0.15) is 15.2 Å². The number of aryl methyl sites for hydroxylation is 1. The van der Waals surface area contributed by atoms with Gasteiger partial charge in [0.25, 0.3) is 5.91 Å². The molecule has 2 aromatic heterocycles. The van der Waals surface area contributed by atoms with Crippen LogP contribution in [0.25, 0.3) is 11.3 Å². The standard InChI is InChI=1S/C17H13ClN2O4S/c1-10-2-4-11(5-3-10)12-8-16(24-20-12)19-15(21)9-23-17(22)13-6-7-14(18)25-13/h2-8H,9H2,1H3,(H,19,21). The molecule has 0 aliphatic rings. The van der Waals surface area contributed by atoms with Gasteiger partial charge in [-0.15, -0.1) is 11.3 Å². The second-order valence-corrected chi connectivity index (χ2v) is 6.89. The van der Waals surface area contributed by atoms with E-state index in [0.717, 1.165) is 22.5 Å². The number of anilines is 1. The van der Waals surface area contributed by atoms with Crippen molar-refractivity contribution in [2.75, 3.05) is 11.9 Å². The van der Waals surface area contributed by atoms with E-state index in [0.29, 0.717) is 14.9 Å². The van der Waals surface area contributed by atoms with Crippen LogP contribution in [0, 0.1) is 6.92 Å². The van der Waals surface area contributed by atoms with E-state index in [1.54, 1.807) is 12.1 Å². The van der Waals surface area contributed by atoms with E-state index in [2.05, 4.69) is 10.5 Å². The van der Waals surface area contributed by atoms with Crippen molar-refractivity contribution < 1.29 is 18.8 Å². The molecule has 0 saturated heterocycles. The summed E-state index contributed by atoms with van der Waals surface area (Å²) in [5.74, 6) is -0.955. The van der Waals surface area contributed by atoms with Gasteiger partial charge >= 0.3 is 5.97 Å². The lowest BCUT2D eigenvalue weighted by Gasteiger charge is -2.02. The van der Waals surface area contributed by atoms with Crippen molar-refractivity contribution in [1.29, 1.82) is 0 Å². The number of esters is 1. The minimum Gasteiger partial charge on any atom is -0.451 e. The lowest BCUT2D eigenvalue weighted by molar-refractivity contribution is -0.119. The molecule has 0 saturated carbocycles. The van der Waals surface area contributed by atoms with E-state index < -0.39 is 18.5 Å². The maximum Gasteiger partial charge on any atom is 0.348 e. The molecule has 0 bridgehead atoms. The van der Waals surface area contributed by atoms with Gasteiger partial charge in [-0.3, -0.25) is 10.1 Å². The number of rotatable bonds is 5. The van der Waals surface area contributed by atoms with Crippen molar-refractivity contribution in [3.63, 3.8) is 0 Å². The summed E-state index contributed by atoms with van der Waals surface area (Å²) in [5, 5.41) is 6.39. The van der Waals surface area contributed by atoms with E-state index in [1.165, 1.54) is 6.07 Å². The number of carbonyl (C=O) groups is 2. The molecule has 25 heavy (non-hydrogen) atoms. The predicted molar refractivity (Wildman–Crippen MR) is 94.9 cm³/mol. The number of nitrogens with one attached hydrogen (secondary N) is 1. The minimum atomic E-state index is -0.607. The van der Waals surface area contributed by atoms with Crippen LogP contribution >= 0.6 is 22.9 Å². The number of hydrogen-bond donors (Lipinski definition) is 1. The van der Waals surface area contributed by atoms with Gasteiger partial charge in [-0.2, -0.15) is 0 Å². The van der Waals surface area contributed by atoms with Gasteiger partial charge in [-0.1, -0.05) is 46.6 Å². The molecule has 1 aromatic carbocycles. The second-order valence-electron chi connectivity index (χ2n) is 5.17. The average Bonchev–Trinajstić information content (AvgIpc) is 3.22. The summed E-state index contributed by atoms with van der Waals surface area (Å²) in [6.07, 6.45) is 0. The summed E-state index contributed by atoms with van der Waals surface area (Å²) in [6.45, 7) is 1.55. The summed E-state index contributed by atoms with van der Waals surface area (Å²) in [4.78, 5) is 23.9. The van der Waals surface area contributed by atoms with Gasteiger partial charge in [0.15, 0.2) is 6.61 Å². The van der Waals surface area contributed by atoms with E-state index in [4.69, 9.17) is 20.9 Å². The molecular weight excluding hydrogens is 364 g/mol. The molecule has 2 heterocycles. The van der Waals surface area contributed by atoms with Gasteiger partial charge in [0.2, 0.25) is 5.88 Å². The predicted octanol–water partition coefficient (Wildman–Crippen LogP) is 4.16. The maximum atomic E-state index is 11.8. The van der Waals surface area contributed by atoms with E-state index in [1.807, 2.05) is 31.2 Å². The van der Waals surface area contributed by atoms with Crippen LogP contribution in [0.3, 0.4) is 0 Å². The van der Waals surface area contributed by atoms with Crippen LogP contribution in [0.2, 0.25) is 4.34 Å². The normalized spacial score (nSPS) is 10.5. The quantitative estimate of drug-likeness (QED) is 0.676. The van der Waals surface area contributed by atoms with Crippen molar-refractivity contribution in [1.82, 2.24) is 5.16 Å².